The molecule has 2 atom stereocenters. The minimum Gasteiger partial charge on any atom is -0.474 e. The van der Waals surface area contributed by atoms with Crippen LogP contribution in [0, 0.1) is 18.2 Å². The Morgan fingerprint density at radius 2 is 2.07 bits per heavy atom. The van der Waals surface area contributed by atoms with Gasteiger partial charge in [-0.2, -0.15) is 0 Å². The maximum Gasteiger partial charge on any atom is 0.221 e. The van der Waals surface area contributed by atoms with Crippen LogP contribution in [0.2, 0.25) is 0 Å². The smallest absolute Gasteiger partial charge is 0.221 e. The van der Waals surface area contributed by atoms with Crippen LogP contribution in [0.3, 0.4) is 0 Å². The number of halogens is 1. The van der Waals surface area contributed by atoms with Gasteiger partial charge in [-0.05, 0) is 50.8 Å². The van der Waals surface area contributed by atoms with E-state index in [1.54, 1.807) is 12.1 Å². The third kappa shape index (κ3) is 4.51. The van der Waals surface area contributed by atoms with Crippen LogP contribution >= 0.6 is 0 Å². The SMILES string of the molecule is Cc1c(Nc2ccc(N/C=N\C=N)cc2F)ncnc1OC1CC2CCC(C1)N2. The molecule has 3 heterocycles. The van der Waals surface area contributed by atoms with Gasteiger partial charge in [0.2, 0.25) is 5.88 Å². The molecule has 4 rings (SSSR count). The molecule has 0 saturated carbocycles. The number of aromatic nitrogens is 2. The molecule has 0 radical (unpaired) electrons. The standard InChI is InChI=1S/C20H24FN7O/c1-12-19(28-18-5-4-13(8-17(18)21)24-10-23-9-22)25-11-26-20(12)29-16-6-14-2-3-15(7-16)27-14/h4-5,8-11,14-16,27H,2-3,6-7H2,1H3,(H2,22,23,24)(H,25,26,28). The van der Waals surface area contributed by atoms with Crippen LogP contribution in [-0.4, -0.2) is 40.8 Å². The van der Waals surface area contributed by atoms with Gasteiger partial charge >= 0.3 is 0 Å². The topological polar surface area (TPSA) is 107 Å². The molecule has 0 spiro atoms. The van der Waals surface area contributed by atoms with Crippen molar-refractivity contribution in [3.8, 4) is 5.88 Å². The number of benzene rings is 1. The van der Waals surface area contributed by atoms with Crippen molar-refractivity contribution in [2.45, 2.75) is 50.8 Å². The minimum atomic E-state index is -0.436. The molecule has 0 amide bonds. The number of nitrogens with zero attached hydrogens (tertiary/aromatic N) is 3. The molecule has 4 N–H and O–H groups in total. The molecule has 29 heavy (non-hydrogen) atoms. The fraction of sp³-hybridized carbons (Fsp3) is 0.400. The third-order valence-corrected chi connectivity index (χ3v) is 5.35. The molecule has 0 aliphatic carbocycles. The molecule has 2 saturated heterocycles. The van der Waals surface area contributed by atoms with Crippen LogP contribution in [0.15, 0.2) is 29.5 Å². The molecule has 1 aromatic heterocycles. The van der Waals surface area contributed by atoms with Gasteiger partial charge in [0.1, 0.15) is 30.4 Å². The van der Waals surface area contributed by atoms with Crippen molar-refractivity contribution in [1.82, 2.24) is 15.3 Å². The first-order chi connectivity index (χ1) is 14.1. The summed E-state index contributed by atoms with van der Waals surface area (Å²) in [6.45, 7) is 1.87. The fourth-order valence-corrected chi connectivity index (χ4v) is 3.92. The number of piperidine rings is 1. The lowest BCUT2D eigenvalue weighted by Gasteiger charge is -2.29. The lowest BCUT2D eigenvalue weighted by molar-refractivity contribution is 0.131. The summed E-state index contributed by atoms with van der Waals surface area (Å²) in [5.74, 6) is 0.612. The van der Waals surface area contributed by atoms with E-state index in [4.69, 9.17) is 10.1 Å². The Kier molecular flexibility index (Phi) is 5.66. The molecule has 9 heteroatoms. The predicted molar refractivity (Wildman–Crippen MR) is 111 cm³/mol. The van der Waals surface area contributed by atoms with Crippen LogP contribution in [-0.2, 0) is 0 Å². The number of aliphatic imine (C=N–C) groups is 1. The van der Waals surface area contributed by atoms with E-state index in [9.17, 15) is 4.39 Å². The predicted octanol–water partition coefficient (Wildman–Crippen LogP) is 3.38. The highest BCUT2D eigenvalue weighted by Crippen LogP contribution is 2.32. The van der Waals surface area contributed by atoms with E-state index in [1.807, 2.05) is 6.92 Å². The average Bonchev–Trinajstić information content (AvgIpc) is 3.05. The monoisotopic (exact) mass is 397 g/mol. The molecule has 8 nitrogen and oxygen atoms in total. The van der Waals surface area contributed by atoms with E-state index >= 15 is 0 Å². The summed E-state index contributed by atoms with van der Waals surface area (Å²) in [5.41, 5.74) is 1.58. The van der Waals surface area contributed by atoms with Crippen molar-refractivity contribution in [3.63, 3.8) is 0 Å². The van der Waals surface area contributed by atoms with Crippen LogP contribution in [0.1, 0.15) is 31.2 Å². The zero-order valence-corrected chi connectivity index (χ0v) is 16.2. The molecular formula is C20H24FN7O. The molecule has 2 aliphatic rings. The van der Waals surface area contributed by atoms with Gasteiger partial charge in [-0.1, -0.05) is 0 Å². The summed E-state index contributed by atoms with van der Waals surface area (Å²) in [7, 11) is 0. The highest BCUT2D eigenvalue weighted by atomic mass is 19.1. The minimum absolute atomic E-state index is 0.139. The molecule has 152 valence electrons. The summed E-state index contributed by atoms with van der Waals surface area (Å²) in [5, 5.41) is 16.3. The maximum atomic E-state index is 14.5. The molecule has 2 aromatic rings. The maximum absolute atomic E-state index is 14.5. The van der Waals surface area contributed by atoms with Crippen molar-refractivity contribution in [1.29, 1.82) is 5.41 Å². The molecule has 2 fully saturated rings. The van der Waals surface area contributed by atoms with Gasteiger partial charge in [0.05, 0.1) is 17.6 Å². The van der Waals surface area contributed by atoms with E-state index in [-0.39, 0.29) is 6.10 Å². The number of anilines is 3. The summed E-state index contributed by atoms with van der Waals surface area (Å²) >= 11 is 0. The summed E-state index contributed by atoms with van der Waals surface area (Å²) in [4.78, 5) is 12.1. The number of hydrogen-bond donors (Lipinski definition) is 4. The lowest BCUT2D eigenvalue weighted by atomic mass is 10.0. The molecule has 1 aromatic carbocycles. The van der Waals surface area contributed by atoms with Gasteiger partial charge in [-0.15, -0.1) is 0 Å². The molecule has 2 unspecified atom stereocenters. The van der Waals surface area contributed by atoms with Gasteiger partial charge in [-0.3, -0.25) is 5.41 Å². The summed E-state index contributed by atoms with van der Waals surface area (Å²) < 4.78 is 20.7. The molecular weight excluding hydrogens is 373 g/mol. The number of hydrogen-bond acceptors (Lipinski definition) is 6. The summed E-state index contributed by atoms with van der Waals surface area (Å²) in [6, 6.07) is 5.73. The van der Waals surface area contributed by atoms with Gasteiger partial charge in [-0.25, -0.2) is 19.4 Å². The number of rotatable bonds is 7. The third-order valence-electron chi connectivity index (χ3n) is 5.35. The van der Waals surface area contributed by atoms with Crippen LogP contribution in [0.5, 0.6) is 5.88 Å². The Hall–Kier alpha value is -3.07. The first-order valence-corrected chi connectivity index (χ1v) is 9.70. The van der Waals surface area contributed by atoms with Crippen molar-refractivity contribution < 1.29 is 9.13 Å². The average molecular weight is 397 g/mol. The Bertz CT molecular complexity index is 908. The molecule has 2 bridgehead atoms. The van der Waals surface area contributed by atoms with E-state index < -0.39 is 5.82 Å². The Morgan fingerprint density at radius 3 is 2.79 bits per heavy atom. The second-order valence-corrected chi connectivity index (χ2v) is 7.37. The Balaban J connectivity index is 1.46. The Labute approximate surface area is 168 Å². The van der Waals surface area contributed by atoms with E-state index in [0.717, 1.165) is 24.7 Å². The largest absolute Gasteiger partial charge is 0.474 e. The van der Waals surface area contributed by atoms with Crippen molar-refractivity contribution in [2.24, 2.45) is 4.99 Å². The van der Waals surface area contributed by atoms with Crippen LogP contribution < -0.4 is 20.7 Å². The first-order valence-electron chi connectivity index (χ1n) is 9.70. The van der Waals surface area contributed by atoms with Crippen molar-refractivity contribution in [3.05, 3.63) is 35.9 Å². The number of fused-ring (bicyclic) bond motifs is 2. The second kappa shape index (κ2) is 8.52. The fourth-order valence-electron chi connectivity index (χ4n) is 3.92. The van der Waals surface area contributed by atoms with Crippen molar-refractivity contribution in [2.75, 3.05) is 10.6 Å². The second-order valence-electron chi connectivity index (χ2n) is 7.37. The lowest BCUT2D eigenvalue weighted by Crippen LogP contribution is -2.42. The quantitative estimate of drug-likeness (QED) is 0.421. The highest BCUT2D eigenvalue weighted by Gasteiger charge is 2.35. The van der Waals surface area contributed by atoms with E-state index in [1.165, 1.54) is 31.6 Å². The van der Waals surface area contributed by atoms with E-state index in [0.29, 0.717) is 35.2 Å². The first kappa shape index (κ1) is 19.3. The van der Waals surface area contributed by atoms with Crippen LogP contribution in [0.25, 0.3) is 0 Å². The molecule has 2 aliphatic heterocycles. The van der Waals surface area contributed by atoms with Gasteiger partial charge in [0.15, 0.2) is 0 Å². The van der Waals surface area contributed by atoms with Gasteiger partial charge in [0, 0.05) is 17.8 Å². The highest BCUT2D eigenvalue weighted by molar-refractivity contribution is 5.81. The number of ether oxygens (including phenoxy) is 1. The normalized spacial score (nSPS) is 23.2. The van der Waals surface area contributed by atoms with E-state index in [2.05, 4.69) is 30.9 Å². The zero-order valence-electron chi connectivity index (χ0n) is 16.2. The number of nitrogens with one attached hydrogen (secondary N) is 4. The Morgan fingerprint density at radius 1 is 1.28 bits per heavy atom. The van der Waals surface area contributed by atoms with Crippen molar-refractivity contribution >= 4 is 29.9 Å². The van der Waals surface area contributed by atoms with Gasteiger partial charge < -0.3 is 20.7 Å². The zero-order chi connectivity index (χ0) is 20.2. The van der Waals surface area contributed by atoms with Crippen LogP contribution in [0.4, 0.5) is 21.6 Å². The summed E-state index contributed by atoms with van der Waals surface area (Å²) in [6.07, 6.45) is 8.16. The van der Waals surface area contributed by atoms with Gasteiger partial charge in [0.25, 0.3) is 0 Å².